The number of aromatic nitrogens is 2. The fourth-order valence-corrected chi connectivity index (χ4v) is 5.52. The third-order valence-corrected chi connectivity index (χ3v) is 8.00. The van der Waals surface area contributed by atoms with Gasteiger partial charge in [0.15, 0.2) is 10.4 Å². The molecule has 0 spiro atoms. The van der Waals surface area contributed by atoms with Gasteiger partial charge in [0.05, 0.1) is 23.7 Å². The number of furan rings is 1. The average molecular weight is 622 g/mol. The molecule has 3 N–H and O–H groups in total. The second-order valence-electron chi connectivity index (χ2n) is 10.00. The van der Waals surface area contributed by atoms with Crippen LogP contribution in [0.3, 0.4) is 0 Å². The lowest BCUT2D eigenvalue weighted by Gasteiger charge is -2.19. The van der Waals surface area contributed by atoms with Gasteiger partial charge in [-0.3, -0.25) is 23.7 Å². The lowest BCUT2D eigenvalue weighted by atomic mass is 10.1. The molecule has 0 unspecified atom stereocenters. The van der Waals surface area contributed by atoms with Crippen molar-refractivity contribution in [2.75, 3.05) is 0 Å². The first-order chi connectivity index (χ1) is 21.9. The number of allylic oxidation sites excluding steroid dienone is 1. The van der Waals surface area contributed by atoms with E-state index in [1.165, 1.54) is 29.0 Å². The largest absolute Gasteiger partial charge is 0.467 e. The van der Waals surface area contributed by atoms with Gasteiger partial charge in [0.2, 0.25) is 11.8 Å². The number of hydrogen-bond acceptors (Lipinski definition) is 7. The molecule has 0 saturated heterocycles. The zero-order chi connectivity index (χ0) is 31.6. The first-order valence-corrected chi connectivity index (χ1v) is 15.1. The van der Waals surface area contributed by atoms with Gasteiger partial charge < -0.3 is 20.4 Å². The van der Waals surface area contributed by atoms with Crippen LogP contribution < -0.4 is 21.5 Å². The Morgan fingerprint density at radius 3 is 2.07 bits per heavy atom. The van der Waals surface area contributed by atoms with E-state index in [2.05, 4.69) is 27.5 Å². The summed E-state index contributed by atoms with van der Waals surface area (Å²) in [5, 5.41) is 7.58. The maximum atomic E-state index is 13.6. The zero-order valence-electron chi connectivity index (χ0n) is 24.3. The molecule has 2 aromatic heterocycles. The number of amides is 3. The number of fused-ring (bicyclic) bond motifs is 1. The molecule has 3 aromatic carbocycles. The highest BCUT2D eigenvalue weighted by atomic mass is 32.2. The molecule has 0 aliphatic carbocycles. The Balaban J connectivity index is 1.44. The van der Waals surface area contributed by atoms with Crippen LogP contribution in [0.25, 0.3) is 10.9 Å². The van der Waals surface area contributed by atoms with Crippen molar-refractivity contribution in [3.8, 4) is 0 Å². The predicted molar refractivity (Wildman–Crippen MR) is 172 cm³/mol. The van der Waals surface area contributed by atoms with E-state index in [4.69, 9.17) is 4.42 Å². The van der Waals surface area contributed by atoms with Crippen molar-refractivity contribution in [1.82, 2.24) is 25.5 Å². The van der Waals surface area contributed by atoms with E-state index in [1.807, 2.05) is 60.7 Å². The Morgan fingerprint density at radius 2 is 1.49 bits per heavy atom. The topological polar surface area (TPSA) is 135 Å². The maximum Gasteiger partial charge on any atom is 0.262 e. The Hall–Kier alpha value is -5.42. The lowest BCUT2D eigenvalue weighted by molar-refractivity contribution is -0.128. The summed E-state index contributed by atoms with van der Waals surface area (Å²) in [5.41, 5.74) is 1.88. The van der Waals surface area contributed by atoms with Gasteiger partial charge in [-0.15, -0.1) is 6.58 Å². The first-order valence-electron chi connectivity index (χ1n) is 14.2. The number of carbonyl (C=O) groups is 3. The van der Waals surface area contributed by atoms with Crippen molar-refractivity contribution < 1.29 is 18.8 Å². The van der Waals surface area contributed by atoms with Gasteiger partial charge in [-0.2, -0.15) is 0 Å². The second-order valence-corrected chi connectivity index (χ2v) is 11.1. The molecule has 11 heteroatoms. The summed E-state index contributed by atoms with van der Waals surface area (Å²) < 4.78 is 6.63. The van der Waals surface area contributed by atoms with Crippen molar-refractivity contribution in [2.45, 2.75) is 36.6 Å². The molecule has 0 fully saturated rings. The van der Waals surface area contributed by atoms with Gasteiger partial charge in [-0.05, 0) is 41.5 Å². The van der Waals surface area contributed by atoms with Crippen molar-refractivity contribution >= 4 is 40.4 Å². The normalized spacial score (nSPS) is 10.9. The monoisotopic (exact) mass is 621 g/mol. The minimum atomic E-state index is -1.28. The standard InChI is InChI=1S/C34H31N5O5S/c1-2-17-39-33(43)27-16-15-25(30(40)37-22-26-14-9-18-44-26)19-28(27)38-34(39)45-29(31(41)35-20-23-10-5-3-6-11-23)32(42)36-21-24-12-7-4-8-13-24/h2-16,18-19,29H,1,17,20-22H2,(H,35,41)(H,36,42)(H,37,40). The van der Waals surface area contributed by atoms with Gasteiger partial charge in [0.25, 0.3) is 11.5 Å². The van der Waals surface area contributed by atoms with Crippen LogP contribution in [0.15, 0.2) is 124 Å². The maximum absolute atomic E-state index is 13.6. The molecule has 5 rings (SSSR count). The number of carbonyl (C=O) groups excluding carboxylic acids is 3. The summed E-state index contributed by atoms with van der Waals surface area (Å²) in [6, 6.07) is 26.7. The summed E-state index contributed by atoms with van der Waals surface area (Å²) in [6.07, 6.45) is 3.06. The summed E-state index contributed by atoms with van der Waals surface area (Å²) in [5.74, 6) is -0.867. The van der Waals surface area contributed by atoms with Crippen LogP contribution in [0.1, 0.15) is 27.2 Å². The van der Waals surface area contributed by atoms with Gasteiger partial charge in [-0.1, -0.05) is 78.5 Å². The molecule has 5 aromatic rings. The van der Waals surface area contributed by atoms with Gasteiger partial charge in [0.1, 0.15) is 5.76 Å². The zero-order valence-corrected chi connectivity index (χ0v) is 25.1. The first kappa shape index (κ1) is 31.0. The van der Waals surface area contributed by atoms with E-state index in [0.717, 1.165) is 22.9 Å². The quantitative estimate of drug-likeness (QED) is 0.0776. The number of benzene rings is 3. The van der Waals surface area contributed by atoms with Gasteiger partial charge >= 0.3 is 0 Å². The highest BCUT2D eigenvalue weighted by Gasteiger charge is 2.30. The number of thioether (sulfide) groups is 1. The smallest absolute Gasteiger partial charge is 0.262 e. The number of hydrogen-bond donors (Lipinski definition) is 3. The molecule has 2 heterocycles. The number of nitrogens with zero attached hydrogens (tertiary/aromatic N) is 2. The van der Waals surface area contributed by atoms with Crippen molar-refractivity contribution in [3.05, 3.63) is 143 Å². The molecular formula is C34H31N5O5S. The molecule has 45 heavy (non-hydrogen) atoms. The van der Waals surface area contributed by atoms with E-state index in [0.29, 0.717) is 5.76 Å². The highest BCUT2D eigenvalue weighted by Crippen LogP contribution is 2.24. The van der Waals surface area contributed by atoms with Crippen molar-refractivity contribution in [3.63, 3.8) is 0 Å². The third-order valence-electron chi connectivity index (χ3n) is 6.82. The van der Waals surface area contributed by atoms with Crippen LogP contribution in [-0.2, 0) is 35.8 Å². The lowest BCUT2D eigenvalue weighted by Crippen LogP contribution is -2.43. The third kappa shape index (κ3) is 7.95. The Labute approximate surface area is 263 Å². The summed E-state index contributed by atoms with van der Waals surface area (Å²) in [7, 11) is 0. The van der Waals surface area contributed by atoms with E-state index in [-0.39, 0.29) is 53.7 Å². The van der Waals surface area contributed by atoms with Crippen LogP contribution in [0, 0.1) is 0 Å². The minimum Gasteiger partial charge on any atom is -0.467 e. The molecule has 228 valence electrons. The average Bonchev–Trinajstić information content (AvgIpc) is 3.60. The molecule has 0 aliphatic rings. The minimum absolute atomic E-state index is 0.0967. The fraction of sp³-hybridized carbons (Fsp3) is 0.147. The SMILES string of the molecule is C=CCn1c(SC(C(=O)NCc2ccccc2)C(=O)NCc2ccccc2)nc2cc(C(=O)NCc3ccco3)ccc2c1=O. The fourth-order valence-electron chi connectivity index (χ4n) is 4.49. The molecule has 10 nitrogen and oxygen atoms in total. The van der Waals surface area contributed by atoms with Crippen molar-refractivity contribution in [2.24, 2.45) is 0 Å². The summed E-state index contributed by atoms with van der Waals surface area (Å²) in [6.45, 7) is 4.47. The molecule has 0 radical (unpaired) electrons. The van der Waals surface area contributed by atoms with E-state index in [9.17, 15) is 19.2 Å². The number of rotatable bonds is 13. The summed E-state index contributed by atoms with van der Waals surface area (Å²) >= 11 is 0.861. The molecule has 0 saturated carbocycles. The van der Waals surface area contributed by atoms with E-state index >= 15 is 0 Å². The Bertz CT molecular complexity index is 1800. The van der Waals surface area contributed by atoms with Crippen molar-refractivity contribution in [1.29, 1.82) is 0 Å². The molecule has 0 atom stereocenters. The van der Waals surface area contributed by atoms with E-state index in [1.54, 1.807) is 18.2 Å². The second kappa shape index (κ2) is 14.8. The van der Waals surface area contributed by atoms with Gasteiger partial charge in [0, 0.05) is 25.2 Å². The Morgan fingerprint density at radius 1 is 0.844 bits per heavy atom. The molecular weight excluding hydrogens is 590 g/mol. The Kier molecular flexibility index (Phi) is 10.2. The predicted octanol–water partition coefficient (Wildman–Crippen LogP) is 4.20. The highest BCUT2D eigenvalue weighted by molar-refractivity contribution is 8.01. The molecule has 3 amide bonds. The molecule has 0 aliphatic heterocycles. The van der Waals surface area contributed by atoms with Crippen LogP contribution in [0.5, 0.6) is 0 Å². The van der Waals surface area contributed by atoms with Crippen LogP contribution >= 0.6 is 11.8 Å². The van der Waals surface area contributed by atoms with E-state index < -0.39 is 22.6 Å². The summed E-state index contributed by atoms with van der Waals surface area (Å²) in [4.78, 5) is 58.2. The van der Waals surface area contributed by atoms with Gasteiger partial charge in [-0.25, -0.2) is 4.98 Å². The van der Waals surface area contributed by atoms with Crippen LogP contribution in [0.2, 0.25) is 0 Å². The number of nitrogens with one attached hydrogen (secondary N) is 3. The van der Waals surface area contributed by atoms with Crippen LogP contribution in [-0.4, -0.2) is 32.5 Å². The van der Waals surface area contributed by atoms with Crippen LogP contribution in [0.4, 0.5) is 0 Å². The molecule has 0 bridgehead atoms.